The fourth-order valence-electron chi connectivity index (χ4n) is 2.16. The van der Waals surface area contributed by atoms with Gasteiger partial charge in [0.1, 0.15) is 0 Å². The van der Waals surface area contributed by atoms with Crippen molar-refractivity contribution in [2.75, 3.05) is 19.5 Å². The van der Waals surface area contributed by atoms with Crippen molar-refractivity contribution in [1.82, 2.24) is 9.55 Å². The molecule has 130 valence electrons. The summed E-state index contributed by atoms with van der Waals surface area (Å²) in [6.07, 6.45) is 2.32. The van der Waals surface area contributed by atoms with Gasteiger partial charge in [0.25, 0.3) is 10.1 Å². The molecule has 0 saturated carbocycles. The van der Waals surface area contributed by atoms with Gasteiger partial charge in [-0.1, -0.05) is 41.9 Å². The second kappa shape index (κ2) is 7.78. The highest BCUT2D eigenvalue weighted by molar-refractivity contribution is 7.85. The quantitative estimate of drug-likeness (QED) is 0.547. The maximum absolute atomic E-state index is 12.2. The number of benzene rings is 1. The molecule has 1 unspecified atom stereocenters. The Labute approximate surface area is 145 Å². The van der Waals surface area contributed by atoms with Gasteiger partial charge in [-0.15, -0.1) is 0 Å². The average molecular weight is 373 g/mol. The van der Waals surface area contributed by atoms with E-state index in [4.69, 9.17) is 20.5 Å². The molecular formula is C15H17ClN2O5S. The second-order valence-electron chi connectivity index (χ2n) is 4.93. The van der Waals surface area contributed by atoms with E-state index in [2.05, 4.69) is 4.98 Å². The number of carbonyl (C=O) groups excluding carboxylic acids is 1. The van der Waals surface area contributed by atoms with Crippen molar-refractivity contribution in [3.05, 3.63) is 53.1 Å². The molecule has 2 rings (SSSR count). The molecule has 0 N–H and O–H groups in total. The van der Waals surface area contributed by atoms with E-state index in [1.807, 2.05) is 6.07 Å². The number of hydrogen-bond donors (Lipinski definition) is 0. The van der Waals surface area contributed by atoms with Crippen LogP contribution in [0.3, 0.4) is 0 Å². The van der Waals surface area contributed by atoms with Crippen molar-refractivity contribution in [1.29, 1.82) is 0 Å². The summed E-state index contributed by atoms with van der Waals surface area (Å²) in [5.74, 6) is -0.639. The minimum absolute atomic E-state index is 0.0197. The third-order valence-electron chi connectivity index (χ3n) is 3.18. The predicted molar refractivity (Wildman–Crippen MR) is 88.6 cm³/mol. The largest absolute Gasteiger partial charge is 0.461 e. The Morgan fingerprint density at radius 1 is 1.33 bits per heavy atom. The first-order valence-electron chi connectivity index (χ1n) is 7.12. The molecule has 0 saturated heterocycles. The van der Waals surface area contributed by atoms with Crippen LogP contribution in [0.4, 0.5) is 0 Å². The molecular weight excluding hydrogens is 356 g/mol. The van der Waals surface area contributed by atoms with Gasteiger partial charge in [-0.3, -0.25) is 4.18 Å². The maximum Gasteiger partial charge on any atom is 0.358 e. The third kappa shape index (κ3) is 4.56. The second-order valence-corrected chi connectivity index (χ2v) is 6.93. The van der Waals surface area contributed by atoms with Crippen LogP contribution in [0.15, 0.2) is 36.7 Å². The molecule has 1 atom stereocenters. The topological polar surface area (TPSA) is 87.5 Å². The van der Waals surface area contributed by atoms with Crippen LogP contribution in [0.1, 0.15) is 29.0 Å². The number of esters is 1. The molecule has 1 aromatic carbocycles. The van der Waals surface area contributed by atoms with Crippen molar-refractivity contribution in [2.45, 2.75) is 13.0 Å². The van der Waals surface area contributed by atoms with Crippen LogP contribution in [-0.2, 0) is 19.0 Å². The molecule has 24 heavy (non-hydrogen) atoms. The Balaban J connectivity index is 2.46. The van der Waals surface area contributed by atoms with Crippen molar-refractivity contribution in [2.24, 2.45) is 0 Å². The fourth-order valence-corrected chi connectivity index (χ4v) is 2.76. The van der Waals surface area contributed by atoms with E-state index in [9.17, 15) is 13.2 Å². The number of imidazole rings is 1. The fraction of sp³-hybridized carbons (Fsp3) is 0.333. The van der Waals surface area contributed by atoms with E-state index in [0.717, 1.165) is 11.8 Å². The minimum atomic E-state index is -3.65. The van der Waals surface area contributed by atoms with Crippen molar-refractivity contribution in [3.8, 4) is 0 Å². The van der Waals surface area contributed by atoms with Crippen LogP contribution in [0.25, 0.3) is 0 Å². The van der Waals surface area contributed by atoms with Gasteiger partial charge in [0.2, 0.25) is 0 Å². The lowest BCUT2D eigenvalue weighted by Crippen LogP contribution is -2.23. The van der Waals surface area contributed by atoms with Gasteiger partial charge in [0, 0.05) is 0 Å². The Kier molecular flexibility index (Phi) is 5.98. The van der Waals surface area contributed by atoms with Crippen molar-refractivity contribution in [3.63, 3.8) is 0 Å². The lowest BCUT2D eigenvalue weighted by molar-refractivity contribution is 0.0511. The van der Waals surface area contributed by atoms with Crippen LogP contribution in [0.5, 0.6) is 0 Å². The number of hydrogen-bond acceptors (Lipinski definition) is 6. The predicted octanol–water partition coefficient (Wildman–Crippen LogP) is 2.28. The SMILES string of the molecule is CCOC(=O)c1c(Cl)ncn1C(COS(C)(=O)=O)c1ccccc1. The van der Waals surface area contributed by atoms with Crippen LogP contribution in [0.2, 0.25) is 5.15 Å². The Hall–Kier alpha value is -1.90. The number of ether oxygens (including phenoxy) is 1. The average Bonchev–Trinajstić information content (AvgIpc) is 2.89. The summed E-state index contributed by atoms with van der Waals surface area (Å²) in [6.45, 7) is 1.64. The Morgan fingerprint density at radius 2 is 2.00 bits per heavy atom. The molecule has 0 aliphatic heterocycles. The van der Waals surface area contributed by atoms with Gasteiger partial charge in [-0.05, 0) is 12.5 Å². The molecule has 0 radical (unpaired) electrons. The van der Waals surface area contributed by atoms with E-state index in [-0.39, 0.29) is 24.1 Å². The van der Waals surface area contributed by atoms with E-state index in [1.165, 1.54) is 10.9 Å². The van der Waals surface area contributed by atoms with Crippen LogP contribution in [0, 0.1) is 0 Å². The normalized spacial score (nSPS) is 12.8. The zero-order valence-electron chi connectivity index (χ0n) is 13.2. The lowest BCUT2D eigenvalue weighted by Gasteiger charge is -2.20. The minimum Gasteiger partial charge on any atom is -0.461 e. The van der Waals surface area contributed by atoms with Crippen LogP contribution >= 0.6 is 11.6 Å². The molecule has 0 amide bonds. The molecule has 1 heterocycles. The Morgan fingerprint density at radius 3 is 2.58 bits per heavy atom. The monoisotopic (exact) mass is 372 g/mol. The molecule has 2 aromatic rings. The number of nitrogens with zero attached hydrogens (tertiary/aromatic N) is 2. The standard InChI is InChI=1S/C15H17ClN2O5S/c1-3-22-15(19)13-14(16)17-10-18(13)12(9-23-24(2,20)21)11-7-5-4-6-8-11/h4-8,10,12H,3,9H2,1-2H3. The molecule has 7 nitrogen and oxygen atoms in total. The van der Waals surface area contributed by atoms with Gasteiger partial charge >= 0.3 is 5.97 Å². The lowest BCUT2D eigenvalue weighted by atomic mass is 10.1. The highest BCUT2D eigenvalue weighted by Crippen LogP contribution is 2.25. The summed E-state index contributed by atoms with van der Waals surface area (Å²) in [4.78, 5) is 16.1. The highest BCUT2D eigenvalue weighted by atomic mass is 35.5. The van der Waals surface area contributed by atoms with E-state index < -0.39 is 22.1 Å². The smallest absolute Gasteiger partial charge is 0.358 e. The Bertz CT molecular complexity index is 805. The van der Waals surface area contributed by atoms with E-state index >= 15 is 0 Å². The van der Waals surface area contributed by atoms with Crippen LogP contribution in [-0.4, -0.2) is 43.4 Å². The van der Waals surface area contributed by atoms with E-state index in [0.29, 0.717) is 0 Å². The molecule has 1 aromatic heterocycles. The molecule has 9 heteroatoms. The summed E-state index contributed by atoms with van der Waals surface area (Å²) in [5, 5.41) is -0.0197. The molecule has 0 aliphatic carbocycles. The molecule has 0 bridgehead atoms. The first-order chi connectivity index (χ1) is 11.3. The highest BCUT2D eigenvalue weighted by Gasteiger charge is 2.26. The van der Waals surface area contributed by atoms with Gasteiger partial charge < -0.3 is 9.30 Å². The molecule has 0 spiro atoms. The summed E-state index contributed by atoms with van der Waals surface area (Å²) in [7, 11) is -3.65. The molecule has 0 fully saturated rings. The number of aromatic nitrogens is 2. The van der Waals surface area contributed by atoms with Gasteiger partial charge in [-0.25, -0.2) is 9.78 Å². The summed E-state index contributed by atoms with van der Waals surface area (Å²) >= 11 is 6.01. The van der Waals surface area contributed by atoms with Crippen molar-refractivity contribution < 1.29 is 22.1 Å². The summed E-state index contributed by atoms with van der Waals surface area (Å²) in [6, 6.07) is 8.39. The first kappa shape index (κ1) is 18.4. The van der Waals surface area contributed by atoms with Crippen molar-refractivity contribution >= 4 is 27.7 Å². The van der Waals surface area contributed by atoms with Crippen LogP contribution < -0.4 is 0 Å². The third-order valence-corrected chi connectivity index (χ3v) is 4.02. The summed E-state index contributed by atoms with van der Waals surface area (Å²) < 4.78 is 34.1. The number of rotatable bonds is 7. The zero-order valence-corrected chi connectivity index (χ0v) is 14.7. The van der Waals surface area contributed by atoms with Gasteiger partial charge in [0.05, 0.1) is 31.8 Å². The summed E-state index contributed by atoms with van der Waals surface area (Å²) in [5.41, 5.74) is 0.783. The van der Waals surface area contributed by atoms with E-state index in [1.54, 1.807) is 31.2 Å². The zero-order chi connectivity index (χ0) is 17.7. The van der Waals surface area contributed by atoms with Gasteiger partial charge in [0.15, 0.2) is 10.8 Å². The number of halogens is 1. The maximum atomic E-state index is 12.2. The number of carbonyl (C=O) groups is 1. The van der Waals surface area contributed by atoms with Gasteiger partial charge in [-0.2, -0.15) is 8.42 Å². The molecule has 0 aliphatic rings. The first-order valence-corrected chi connectivity index (χ1v) is 9.31.